The lowest BCUT2D eigenvalue weighted by Gasteiger charge is -2.15. The van der Waals surface area contributed by atoms with Crippen LogP contribution in [0.3, 0.4) is 0 Å². The lowest BCUT2D eigenvalue weighted by Crippen LogP contribution is -2.27. The summed E-state index contributed by atoms with van der Waals surface area (Å²) in [5.41, 5.74) is 4.13. The van der Waals surface area contributed by atoms with Crippen molar-refractivity contribution in [3.05, 3.63) is 65.0 Å². The third-order valence-corrected chi connectivity index (χ3v) is 5.28. The number of amides is 1. The molecule has 1 heterocycles. The van der Waals surface area contributed by atoms with Gasteiger partial charge in [-0.25, -0.2) is 23.5 Å². The van der Waals surface area contributed by atoms with Gasteiger partial charge in [-0.2, -0.15) is 0 Å². The molecule has 1 aromatic heterocycles. The second-order valence-corrected chi connectivity index (χ2v) is 7.97. The molecule has 0 bridgehead atoms. The van der Waals surface area contributed by atoms with Crippen molar-refractivity contribution in [3.63, 3.8) is 0 Å². The molecule has 1 unspecified atom stereocenters. The molecule has 0 radical (unpaired) electrons. The highest BCUT2D eigenvalue weighted by Crippen LogP contribution is 2.19. The number of carbonyl (C=O) groups excluding carboxylic acids is 1. The van der Waals surface area contributed by atoms with Crippen LogP contribution in [0, 0.1) is 13.8 Å². The molecule has 7 nitrogen and oxygen atoms in total. The van der Waals surface area contributed by atoms with Gasteiger partial charge in [-0.05, 0) is 56.7 Å². The van der Waals surface area contributed by atoms with E-state index in [9.17, 15) is 13.2 Å². The Balaban J connectivity index is 1.84. The van der Waals surface area contributed by atoms with Crippen LogP contribution in [0.25, 0.3) is 11.0 Å². The summed E-state index contributed by atoms with van der Waals surface area (Å²) in [5.74, 6) is -0.287. The molecular weight excluding hydrogens is 364 g/mol. The van der Waals surface area contributed by atoms with Crippen molar-refractivity contribution in [2.45, 2.75) is 31.7 Å². The maximum Gasteiger partial charge on any atom is 0.251 e. The van der Waals surface area contributed by atoms with Gasteiger partial charge in [0.25, 0.3) is 5.91 Å². The highest BCUT2D eigenvalue weighted by molar-refractivity contribution is 7.89. The normalized spacial score (nSPS) is 12.7. The van der Waals surface area contributed by atoms with Crippen LogP contribution < -0.4 is 10.5 Å². The van der Waals surface area contributed by atoms with E-state index in [0.717, 1.165) is 16.9 Å². The summed E-state index contributed by atoms with van der Waals surface area (Å²) in [6.45, 7) is 5.53. The van der Waals surface area contributed by atoms with Crippen molar-refractivity contribution in [1.29, 1.82) is 0 Å². The largest absolute Gasteiger partial charge is 0.346 e. The van der Waals surface area contributed by atoms with E-state index < -0.39 is 16.1 Å². The third kappa shape index (κ3) is 4.12. The fourth-order valence-electron chi connectivity index (χ4n) is 2.70. The van der Waals surface area contributed by atoms with Crippen LogP contribution in [0.5, 0.6) is 0 Å². The fourth-order valence-corrected chi connectivity index (χ4v) is 3.26. The Bertz CT molecular complexity index is 1140. The predicted molar refractivity (Wildman–Crippen MR) is 103 cm³/mol. The summed E-state index contributed by atoms with van der Waals surface area (Å²) in [5, 5.41) is 8.02. The topological polar surface area (TPSA) is 115 Å². The van der Waals surface area contributed by atoms with Crippen molar-refractivity contribution >= 4 is 27.0 Å². The molecule has 0 fully saturated rings. The van der Waals surface area contributed by atoms with Gasteiger partial charge in [-0.15, -0.1) is 0 Å². The molecule has 0 aliphatic heterocycles. The van der Waals surface area contributed by atoms with Crippen molar-refractivity contribution in [2.24, 2.45) is 5.14 Å². The molecule has 3 N–H and O–H groups in total. The van der Waals surface area contributed by atoms with Crippen LogP contribution in [0.1, 0.15) is 40.3 Å². The molecule has 0 aliphatic rings. The first-order chi connectivity index (χ1) is 12.6. The van der Waals surface area contributed by atoms with E-state index in [-0.39, 0.29) is 10.8 Å². The average molecular weight is 384 g/mol. The van der Waals surface area contributed by atoms with Gasteiger partial charge in [-0.1, -0.05) is 12.1 Å². The van der Waals surface area contributed by atoms with Crippen LogP contribution in [-0.2, 0) is 10.0 Å². The summed E-state index contributed by atoms with van der Waals surface area (Å²) < 4.78 is 23.0. The molecular formula is C19H20N4O3S. The second-order valence-electron chi connectivity index (χ2n) is 6.41. The Hall–Kier alpha value is -2.84. The molecule has 1 amide bonds. The lowest BCUT2D eigenvalue weighted by atomic mass is 10.1. The fraction of sp³-hybridized carbons (Fsp3) is 0.211. The van der Waals surface area contributed by atoms with Gasteiger partial charge in [0.05, 0.1) is 33.4 Å². The summed E-state index contributed by atoms with van der Waals surface area (Å²) >= 11 is 0. The minimum absolute atomic E-state index is 0.00734. The molecule has 0 spiro atoms. The first-order valence-electron chi connectivity index (χ1n) is 8.34. The number of fused-ring (bicyclic) bond motifs is 1. The van der Waals surface area contributed by atoms with E-state index >= 15 is 0 Å². The number of carbonyl (C=O) groups is 1. The van der Waals surface area contributed by atoms with Crippen LogP contribution >= 0.6 is 0 Å². The Labute approximate surface area is 157 Å². The average Bonchev–Trinajstić information content (AvgIpc) is 2.61. The summed E-state index contributed by atoms with van der Waals surface area (Å²) in [4.78, 5) is 21.5. The Morgan fingerprint density at radius 1 is 1.04 bits per heavy atom. The van der Waals surface area contributed by atoms with Crippen molar-refractivity contribution in [3.8, 4) is 0 Å². The first-order valence-corrected chi connectivity index (χ1v) is 9.88. The minimum Gasteiger partial charge on any atom is -0.346 e. The molecule has 1 atom stereocenters. The number of rotatable bonds is 4. The zero-order valence-electron chi connectivity index (χ0n) is 15.2. The maximum atomic E-state index is 12.6. The van der Waals surface area contributed by atoms with Crippen LogP contribution in [0.15, 0.2) is 47.4 Å². The number of sulfonamides is 1. The van der Waals surface area contributed by atoms with E-state index in [1.54, 1.807) is 37.3 Å². The maximum absolute atomic E-state index is 12.6. The quantitative estimate of drug-likeness (QED) is 0.717. The number of primary sulfonamides is 1. The SMILES string of the molecule is Cc1nc2ccc(C(=O)NC(C)c3cccc(S(N)(=O)=O)c3)cc2nc1C. The zero-order chi connectivity index (χ0) is 19.8. The van der Waals surface area contributed by atoms with E-state index in [0.29, 0.717) is 16.6 Å². The van der Waals surface area contributed by atoms with Crippen molar-refractivity contribution < 1.29 is 13.2 Å². The van der Waals surface area contributed by atoms with E-state index in [4.69, 9.17) is 5.14 Å². The Morgan fingerprint density at radius 2 is 1.70 bits per heavy atom. The molecule has 3 aromatic rings. The number of hydrogen-bond donors (Lipinski definition) is 2. The number of nitrogens with zero attached hydrogens (tertiary/aromatic N) is 2. The predicted octanol–water partition coefficient (Wildman–Crippen LogP) is 2.39. The summed E-state index contributed by atoms with van der Waals surface area (Å²) in [6.07, 6.45) is 0. The molecule has 8 heteroatoms. The van der Waals surface area contributed by atoms with Gasteiger partial charge in [0.1, 0.15) is 0 Å². The number of aryl methyl sites for hydroxylation is 2. The van der Waals surface area contributed by atoms with E-state index in [1.165, 1.54) is 12.1 Å². The Morgan fingerprint density at radius 3 is 2.37 bits per heavy atom. The third-order valence-electron chi connectivity index (χ3n) is 4.37. The summed E-state index contributed by atoms with van der Waals surface area (Å²) in [7, 11) is -3.80. The first kappa shape index (κ1) is 18.9. The Kier molecular flexibility index (Phi) is 4.95. The molecule has 0 aliphatic carbocycles. The number of benzene rings is 2. The highest BCUT2D eigenvalue weighted by atomic mass is 32.2. The molecule has 0 saturated heterocycles. The molecule has 2 aromatic carbocycles. The standard InChI is InChI=1S/C19H20N4O3S/c1-11-12(2)22-18-10-15(7-8-17(18)21-11)19(24)23-13(3)14-5-4-6-16(9-14)27(20,25)26/h4-10,13H,1-3H3,(H,23,24)(H2,20,25,26). The molecule has 0 saturated carbocycles. The van der Waals surface area contributed by atoms with Gasteiger partial charge in [0, 0.05) is 5.56 Å². The van der Waals surface area contributed by atoms with Crippen LogP contribution in [0.4, 0.5) is 0 Å². The number of hydrogen-bond acceptors (Lipinski definition) is 5. The summed E-state index contributed by atoms with van der Waals surface area (Å²) in [6, 6.07) is 10.9. The van der Waals surface area contributed by atoms with Crippen LogP contribution in [0.2, 0.25) is 0 Å². The second kappa shape index (κ2) is 7.05. The van der Waals surface area contributed by atoms with Crippen LogP contribution in [-0.4, -0.2) is 24.3 Å². The van der Waals surface area contributed by atoms with E-state index in [1.807, 2.05) is 13.8 Å². The minimum atomic E-state index is -3.80. The zero-order valence-corrected chi connectivity index (χ0v) is 16.0. The van der Waals surface area contributed by atoms with Crippen molar-refractivity contribution in [2.75, 3.05) is 0 Å². The monoisotopic (exact) mass is 384 g/mol. The molecule has 3 rings (SSSR count). The van der Waals surface area contributed by atoms with Gasteiger partial charge in [-0.3, -0.25) is 4.79 Å². The lowest BCUT2D eigenvalue weighted by molar-refractivity contribution is 0.0940. The molecule has 27 heavy (non-hydrogen) atoms. The van der Waals surface area contributed by atoms with Crippen molar-refractivity contribution in [1.82, 2.24) is 15.3 Å². The number of nitrogens with two attached hydrogens (primary N) is 1. The highest BCUT2D eigenvalue weighted by Gasteiger charge is 2.15. The van der Waals surface area contributed by atoms with Gasteiger partial charge >= 0.3 is 0 Å². The van der Waals surface area contributed by atoms with Gasteiger partial charge < -0.3 is 5.32 Å². The molecule has 140 valence electrons. The van der Waals surface area contributed by atoms with Gasteiger partial charge in [0.15, 0.2) is 0 Å². The smallest absolute Gasteiger partial charge is 0.251 e. The van der Waals surface area contributed by atoms with E-state index in [2.05, 4.69) is 15.3 Å². The number of nitrogens with one attached hydrogen (secondary N) is 1. The number of aromatic nitrogens is 2. The van der Waals surface area contributed by atoms with Gasteiger partial charge in [0.2, 0.25) is 10.0 Å².